The second-order valence-electron chi connectivity index (χ2n) is 8.40. The van der Waals surface area contributed by atoms with Gasteiger partial charge < -0.3 is 10.1 Å². The molecule has 1 N–H and O–H groups in total. The number of aromatic nitrogens is 1. The fraction of sp³-hybridized carbons (Fsp3) is 0.273. The topological polar surface area (TPSA) is 119 Å². The highest BCUT2D eigenvalue weighted by molar-refractivity contribution is 7.93. The van der Waals surface area contributed by atoms with E-state index in [0.29, 0.717) is 16.1 Å². The fourth-order valence-corrected chi connectivity index (χ4v) is 6.18. The summed E-state index contributed by atoms with van der Waals surface area (Å²) in [5, 5.41) is 2.83. The van der Waals surface area contributed by atoms with Crippen LogP contribution in [0, 0.1) is 5.82 Å². The van der Waals surface area contributed by atoms with E-state index in [-0.39, 0.29) is 20.5 Å². The summed E-state index contributed by atoms with van der Waals surface area (Å²) in [6.07, 6.45) is 1.45. The molecule has 0 bridgehead atoms. The van der Waals surface area contributed by atoms with Gasteiger partial charge in [-0.2, -0.15) is 0 Å². The summed E-state index contributed by atoms with van der Waals surface area (Å²) >= 11 is 0.843. The number of hydrogen-bond donors (Lipinski definition) is 1. The molecule has 0 saturated carbocycles. The van der Waals surface area contributed by atoms with Crippen LogP contribution in [0.15, 0.2) is 62.7 Å². The first-order chi connectivity index (χ1) is 15.6. The van der Waals surface area contributed by atoms with Crippen molar-refractivity contribution in [2.45, 2.75) is 46.9 Å². The van der Waals surface area contributed by atoms with Gasteiger partial charge in [-0.25, -0.2) is 31.0 Å². The van der Waals surface area contributed by atoms with Gasteiger partial charge in [0.2, 0.25) is 9.84 Å². The Hall–Kier alpha value is -2.83. The fourth-order valence-electron chi connectivity index (χ4n) is 2.83. The Balaban J connectivity index is 1.95. The van der Waals surface area contributed by atoms with Gasteiger partial charge in [0.15, 0.2) is 9.84 Å². The van der Waals surface area contributed by atoms with Crippen molar-refractivity contribution < 1.29 is 30.8 Å². The Kier molecular flexibility index (Phi) is 7.15. The maximum atomic E-state index is 13.3. The summed E-state index contributed by atoms with van der Waals surface area (Å²) in [6.45, 7) is 5.10. The number of sulfone groups is 2. The third-order valence-corrected chi connectivity index (χ3v) is 8.66. The van der Waals surface area contributed by atoms with Crippen LogP contribution < -0.4 is 5.32 Å². The summed E-state index contributed by atoms with van der Waals surface area (Å²) < 4.78 is 69.4. The Labute approximate surface area is 201 Å². The molecular formula is C22H23FN2O6S3. The van der Waals surface area contributed by atoms with Gasteiger partial charge in [-0.3, -0.25) is 0 Å². The molecule has 0 spiro atoms. The minimum atomic E-state index is -4.13. The van der Waals surface area contributed by atoms with Crippen LogP contribution in [0.25, 0.3) is 11.1 Å². The molecule has 0 aliphatic carbocycles. The van der Waals surface area contributed by atoms with Crippen molar-refractivity contribution in [1.82, 2.24) is 10.3 Å². The summed E-state index contributed by atoms with van der Waals surface area (Å²) in [5.74, 6) is -0.479. The molecule has 2 aromatic carbocycles. The molecule has 0 fully saturated rings. The van der Waals surface area contributed by atoms with Gasteiger partial charge >= 0.3 is 6.09 Å². The number of rotatable bonds is 6. The lowest BCUT2D eigenvalue weighted by molar-refractivity contribution is 0.0523. The van der Waals surface area contributed by atoms with Gasteiger partial charge in [0.25, 0.3) is 0 Å². The molecule has 1 amide bonds. The highest BCUT2D eigenvalue weighted by atomic mass is 32.2. The Morgan fingerprint density at radius 3 is 2.24 bits per heavy atom. The van der Waals surface area contributed by atoms with E-state index < -0.39 is 37.2 Å². The summed E-state index contributed by atoms with van der Waals surface area (Å²) in [7, 11) is -7.88. The van der Waals surface area contributed by atoms with Crippen molar-refractivity contribution in [3.63, 3.8) is 0 Å². The van der Waals surface area contributed by atoms with Crippen LogP contribution in [0.1, 0.15) is 25.8 Å². The highest BCUT2D eigenvalue weighted by Gasteiger charge is 2.25. The number of carbonyl (C=O) groups is 1. The Morgan fingerprint density at radius 1 is 1.03 bits per heavy atom. The first kappa shape index (κ1) is 25.8. The van der Waals surface area contributed by atoms with Crippen LogP contribution in [-0.4, -0.2) is 39.8 Å². The number of halogens is 1. The van der Waals surface area contributed by atoms with E-state index in [0.717, 1.165) is 29.9 Å². The van der Waals surface area contributed by atoms with Crippen LogP contribution in [0.4, 0.5) is 9.18 Å². The number of benzene rings is 2. The maximum Gasteiger partial charge on any atom is 0.408 e. The molecule has 1 aromatic heterocycles. The first-order valence-corrected chi connectivity index (χ1v) is 14.1. The molecule has 34 heavy (non-hydrogen) atoms. The van der Waals surface area contributed by atoms with Crippen molar-refractivity contribution in [2.75, 3.05) is 6.26 Å². The van der Waals surface area contributed by atoms with Crippen LogP contribution in [0.5, 0.6) is 0 Å². The maximum absolute atomic E-state index is 13.3. The SMILES string of the molecule is CC(C)(C)OC(=O)NCc1ncc(S(=O)(=O)c2cc(-c3ccc(F)cc3)cc(S(C)(=O)=O)c2)s1. The lowest BCUT2D eigenvalue weighted by Gasteiger charge is -2.19. The van der Waals surface area contributed by atoms with E-state index in [2.05, 4.69) is 10.3 Å². The molecule has 0 unspecified atom stereocenters. The van der Waals surface area contributed by atoms with Crippen molar-refractivity contribution in [3.05, 3.63) is 59.5 Å². The van der Waals surface area contributed by atoms with Crippen LogP contribution in [0.2, 0.25) is 0 Å². The molecule has 0 aliphatic rings. The number of nitrogens with zero attached hydrogens (tertiary/aromatic N) is 1. The van der Waals surface area contributed by atoms with Crippen molar-refractivity contribution in [3.8, 4) is 11.1 Å². The summed E-state index contributed by atoms with van der Waals surface area (Å²) in [6, 6.07) is 9.00. The zero-order chi connectivity index (χ0) is 25.3. The molecule has 0 aliphatic heterocycles. The van der Waals surface area contributed by atoms with Gasteiger partial charge in [0.05, 0.1) is 22.5 Å². The van der Waals surface area contributed by atoms with E-state index in [9.17, 15) is 26.0 Å². The largest absolute Gasteiger partial charge is 0.444 e. The number of ether oxygens (including phenoxy) is 1. The molecule has 0 radical (unpaired) electrons. The third-order valence-electron chi connectivity index (χ3n) is 4.38. The quantitative estimate of drug-likeness (QED) is 0.511. The zero-order valence-corrected chi connectivity index (χ0v) is 21.3. The summed E-state index contributed by atoms with van der Waals surface area (Å²) in [5.41, 5.74) is 0.0710. The van der Waals surface area contributed by atoms with Gasteiger partial charge in [-0.1, -0.05) is 12.1 Å². The molecule has 0 atom stereocenters. The number of nitrogens with one attached hydrogen (secondary N) is 1. The number of alkyl carbamates (subject to hydrolysis) is 1. The van der Waals surface area contributed by atoms with Crippen LogP contribution in [0.3, 0.4) is 0 Å². The van der Waals surface area contributed by atoms with Crippen LogP contribution in [-0.2, 0) is 31.0 Å². The van der Waals surface area contributed by atoms with E-state index in [4.69, 9.17) is 4.74 Å². The van der Waals surface area contributed by atoms with Crippen molar-refractivity contribution in [2.24, 2.45) is 0 Å². The number of hydrogen-bond acceptors (Lipinski definition) is 8. The smallest absolute Gasteiger partial charge is 0.408 e. The Morgan fingerprint density at radius 2 is 1.65 bits per heavy atom. The average molecular weight is 527 g/mol. The Bertz CT molecular complexity index is 1420. The second kappa shape index (κ2) is 9.43. The minimum Gasteiger partial charge on any atom is -0.444 e. The number of carbonyl (C=O) groups excluding carboxylic acids is 1. The van der Waals surface area contributed by atoms with E-state index in [1.165, 1.54) is 36.4 Å². The zero-order valence-electron chi connectivity index (χ0n) is 18.8. The monoisotopic (exact) mass is 526 g/mol. The predicted octanol–water partition coefficient (Wildman–Crippen LogP) is 4.21. The molecule has 182 valence electrons. The standard InChI is InChI=1S/C22H23FN2O6S3/c1-22(2,3)31-21(26)25-12-19-24-13-20(32-19)34(29,30)18-10-15(9-17(11-18)33(4,27)28)14-5-7-16(23)8-6-14/h5-11,13H,12H2,1-4H3,(H,25,26). The molecular weight excluding hydrogens is 503 g/mol. The van der Waals surface area contributed by atoms with Gasteiger partial charge in [0, 0.05) is 6.26 Å². The van der Waals surface area contributed by atoms with E-state index in [1.807, 2.05) is 0 Å². The number of thiazole rings is 1. The third kappa shape index (κ3) is 6.39. The predicted molar refractivity (Wildman–Crippen MR) is 126 cm³/mol. The van der Waals surface area contributed by atoms with Gasteiger partial charge in [-0.15, -0.1) is 11.3 Å². The van der Waals surface area contributed by atoms with Crippen molar-refractivity contribution >= 4 is 37.1 Å². The normalized spacial score (nSPS) is 12.4. The molecule has 12 heteroatoms. The average Bonchev–Trinajstić information content (AvgIpc) is 3.20. The second-order valence-corrected chi connectivity index (χ2v) is 13.7. The molecule has 3 rings (SSSR count). The van der Waals surface area contributed by atoms with E-state index in [1.54, 1.807) is 20.8 Å². The van der Waals surface area contributed by atoms with E-state index >= 15 is 0 Å². The first-order valence-electron chi connectivity index (χ1n) is 9.93. The van der Waals surface area contributed by atoms with Crippen molar-refractivity contribution in [1.29, 1.82) is 0 Å². The number of amides is 1. The molecule has 0 saturated heterocycles. The van der Waals surface area contributed by atoms with Gasteiger partial charge in [0.1, 0.15) is 20.6 Å². The lowest BCUT2D eigenvalue weighted by atomic mass is 10.1. The minimum absolute atomic E-state index is 0.0424. The van der Waals surface area contributed by atoms with Gasteiger partial charge in [-0.05, 0) is 62.2 Å². The molecule has 3 aromatic rings. The van der Waals surface area contributed by atoms with Crippen LogP contribution >= 0.6 is 11.3 Å². The summed E-state index contributed by atoms with van der Waals surface area (Å²) in [4.78, 5) is 15.4. The molecule has 8 nitrogen and oxygen atoms in total. The highest BCUT2D eigenvalue weighted by Crippen LogP contribution is 2.32. The lowest BCUT2D eigenvalue weighted by Crippen LogP contribution is -2.32. The molecule has 1 heterocycles.